The maximum atomic E-state index is 5.91. The second-order valence-electron chi connectivity index (χ2n) is 4.19. The lowest BCUT2D eigenvalue weighted by molar-refractivity contribution is 0.633. The van der Waals surface area contributed by atoms with Gasteiger partial charge in [-0.1, -0.05) is 42.5 Å². The van der Waals surface area contributed by atoms with Crippen molar-refractivity contribution in [2.45, 2.75) is 0 Å². The van der Waals surface area contributed by atoms with Crippen molar-refractivity contribution in [2.75, 3.05) is 5.32 Å². The van der Waals surface area contributed by atoms with Crippen LogP contribution in [0.4, 0.5) is 5.69 Å². The molecule has 94 valence electrons. The first kappa shape index (κ1) is 11.7. The van der Waals surface area contributed by atoms with E-state index in [-0.39, 0.29) is 5.11 Å². The molecule has 0 unspecified atom stereocenters. The monoisotopic (exact) mass is 268 g/mol. The van der Waals surface area contributed by atoms with Crippen molar-refractivity contribution in [2.24, 2.45) is 5.73 Å². The van der Waals surface area contributed by atoms with Gasteiger partial charge in [-0.2, -0.15) is 0 Å². The Hall–Kier alpha value is -2.33. The van der Waals surface area contributed by atoms with Gasteiger partial charge in [0.15, 0.2) is 10.7 Å². The van der Waals surface area contributed by atoms with Gasteiger partial charge >= 0.3 is 0 Å². The summed E-state index contributed by atoms with van der Waals surface area (Å²) in [5, 5.41) is 4.17. The summed E-state index contributed by atoms with van der Waals surface area (Å²) in [4.78, 5) is 0. The average Bonchev–Trinajstić information content (AvgIpc) is 2.84. The number of hydrogen-bond donors (Lipinski definition) is 2. The van der Waals surface area contributed by atoms with Crippen LogP contribution in [0.3, 0.4) is 0 Å². The van der Waals surface area contributed by atoms with Crippen molar-refractivity contribution < 1.29 is 4.42 Å². The molecule has 1 heterocycles. The number of rotatable bonds is 2. The Balaban J connectivity index is 2.13. The van der Waals surface area contributed by atoms with Crippen LogP contribution >= 0.6 is 12.2 Å². The highest BCUT2D eigenvalue weighted by Gasteiger charge is 2.09. The van der Waals surface area contributed by atoms with Crippen molar-refractivity contribution in [1.82, 2.24) is 0 Å². The van der Waals surface area contributed by atoms with Crippen molar-refractivity contribution in [3.8, 4) is 11.3 Å². The van der Waals surface area contributed by atoms with Gasteiger partial charge in [0.2, 0.25) is 0 Å². The minimum Gasteiger partial charge on any atom is -0.454 e. The lowest BCUT2D eigenvalue weighted by atomic mass is 10.1. The summed E-state index contributed by atoms with van der Waals surface area (Å²) in [6, 6.07) is 17.8. The molecule has 0 saturated carbocycles. The molecule has 0 aliphatic carbocycles. The molecule has 3 nitrogen and oxygen atoms in total. The maximum absolute atomic E-state index is 5.91. The molecule has 3 rings (SSSR count). The molecule has 0 aliphatic rings. The third-order valence-electron chi connectivity index (χ3n) is 2.86. The number of furan rings is 1. The summed E-state index contributed by atoms with van der Waals surface area (Å²) in [5.74, 6) is 0.827. The Morgan fingerprint density at radius 1 is 1.05 bits per heavy atom. The Morgan fingerprint density at radius 3 is 2.58 bits per heavy atom. The summed E-state index contributed by atoms with van der Waals surface area (Å²) in [7, 11) is 0. The lowest BCUT2D eigenvalue weighted by Crippen LogP contribution is -2.18. The fourth-order valence-corrected chi connectivity index (χ4v) is 2.15. The first-order valence-electron chi connectivity index (χ1n) is 5.88. The SMILES string of the molecule is NC(=S)Nc1cccc2cc(-c3ccccc3)oc12. The summed E-state index contributed by atoms with van der Waals surface area (Å²) >= 11 is 4.87. The van der Waals surface area contributed by atoms with Gasteiger partial charge < -0.3 is 15.5 Å². The van der Waals surface area contributed by atoms with E-state index in [1.807, 2.05) is 54.6 Å². The Kier molecular flexibility index (Phi) is 2.93. The van der Waals surface area contributed by atoms with Crippen LogP contribution in [0.15, 0.2) is 59.0 Å². The number of anilines is 1. The molecule has 0 spiro atoms. The minimum absolute atomic E-state index is 0.227. The Bertz CT molecular complexity index is 734. The standard InChI is InChI=1S/C15H12N2OS/c16-15(19)17-12-8-4-7-11-9-13(18-14(11)12)10-5-2-1-3-6-10/h1-9H,(H3,16,17,19). The molecule has 0 fully saturated rings. The summed E-state index contributed by atoms with van der Waals surface area (Å²) in [6.45, 7) is 0. The number of nitrogens with one attached hydrogen (secondary N) is 1. The first-order valence-corrected chi connectivity index (χ1v) is 6.29. The van der Waals surface area contributed by atoms with Crippen LogP contribution in [0.5, 0.6) is 0 Å². The number of para-hydroxylation sites is 1. The lowest BCUT2D eigenvalue weighted by Gasteiger charge is -2.03. The Morgan fingerprint density at radius 2 is 1.84 bits per heavy atom. The van der Waals surface area contributed by atoms with E-state index in [9.17, 15) is 0 Å². The van der Waals surface area contributed by atoms with Gasteiger partial charge in [-0.15, -0.1) is 0 Å². The molecule has 2 aromatic carbocycles. The van der Waals surface area contributed by atoms with Gasteiger partial charge in [-0.25, -0.2) is 0 Å². The number of fused-ring (bicyclic) bond motifs is 1. The van der Waals surface area contributed by atoms with Crippen molar-refractivity contribution in [3.63, 3.8) is 0 Å². The molecule has 4 heteroatoms. The summed E-state index contributed by atoms with van der Waals surface area (Å²) in [5.41, 5.74) is 8.10. The zero-order valence-corrected chi connectivity index (χ0v) is 10.9. The zero-order valence-electron chi connectivity index (χ0n) is 10.1. The van der Waals surface area contributed by atoms with Crippen molar-refractivity contribution in [1.29, 1.82) is 0 Å². The molecule has 0 aliphatic heterocycles. The summed E-state index contributed by atoms with van der Waals surface area (Å²) in [6.07, 6.45) is 0. The highest BCUT2D eigenvalue weighted by Crippen LogP contribution is 2.31. The van der Waals surface area contributed by atoms with Crippen LogP contribution in [-0.2, 0) is 0 Å². The van der Waals surface area contributed by atoms with Crippen LogP contribution in [0.2, 0.25) is 0 Å². The van der Waals surface area contributed by atoms with E-state index in [2.05, 4.69) is 5.32 Å². The van der Waals surface area contributed by atoms with E-state index in [1.54, 1.807) is 0 Å². The molecule has 0 saturated heterocycles. The predicted molar refractivity (Wildman–Crippen MR) is 82.1 cm³/mol. The maximum Gasteiger partial charge on any atom is 0.168 e. The van der Waals surface area contributed by atoms with Gasteiger partial charge in [-0.05, 0) is 24.4 Å². The largest absolute Gasteiger partial charge is 0.454 e. The number of nitrogens with two attached hydrogens (primary N) is 1. The van der Waals surface area contributed by atoms with E-state index in [1.165, 1.54) is 0 Å². The van der Waals surface area contributed by atoms with Gasteiger partial charge in [0.1, 0.15) is 5.76 Å². The number of benzene rings is 2. The summed E-state index contributed by atoms with van der Waals surface area (Å²) < 4.78 is 5.91. The molecule has 0 radical (unpaired) electrons. The van der Waals surface area contributed by atoms with Crippen LogP contribution < -0.4 is 11.1 Å². The molecular formula is C15H12N2OS. The average molecular weight is 268 g/mol. The molecule has 0 bridgehead atoms. The third-order valence-corrected chi connectivity index (χ3v) is 2.96. The van der Waals surface area contributed by atoms with Crippen molar-refractivity contribution in [3.05, 3.63) is 54.6 Å². The first-order chi connectivity index (χ1) is 9.24. The predicted octanol–water partition coefficient (Wildman–Crippen LogP) is 3.76. The highest BCUT2D eigenvalue weighted by atomic mass is 32.1. The topological polar surface area (TPSA) is 51.2 Å². The van der Waals surface area contributed by atoms with Gasteiger partial charge in [-0.3, -0.25) is 0 Å². The smallest absolute Gasteiger partial charge is 0.168 e. The van der Waals surface area contributed by atoms with Crippen LogP contribution in [-0.4, -0.2) is 5.11 Å². The minimum atomic E-state index is 0.227. The quantitative estimate of drug-likeness (QED) is 0.695. The molecule has 3 N–H and O–H groups in total. The molecule has 0 amide bonds. The van der Waals surface area contributed by atoms with Crippen LogP contribution in [0.1, 0.15) is 0 Å². The number of hydrogen-bond acceptors (Lipinski definition) is 2. The van der Waals surface area contributed by atoms with Gasteiger partial charge in [0, 0.05) is 10.9 Å². The van der Waals surface area contributed by atoms with E-state index >= 15 is 0 Å². The normalized spacial score (nSPS) is 10.5. The second-order valence-corrected chi connectivity index (χ2v) is 4.63. The van der Waals surface area contributed by atoms with Gasteiger partial charge in [0.05, 0.1) is 5.69 Å². The van der Waals surface area contributed by atoms with Crippen LogP contribution in [0.25, 0.3) is 22.3 Å². The van der Waals surface area contributed by atoms with E-state index < -0.39 is 0 Å². The van der Waals surface area contributed by atoms with Crippen molar-refractivity contribution >= 4 is 34.0 Å². The highest BCUT2D eigenvalue weighted by molar-refractivity contribution is 7.80. The fraction of sp³-hybridized carbons (Fsp3) is 0. The molecular weight excluding hydrogens is 256 g/mol. The number of thiocarbonyl (C=S) groups is 1. The van der Waals surface area contributed by atoms with Gasteiger partial charge in [0.25, 0.3) is 0 Å². The molecule has 1 aromatic heterocycles. The Labute approximate surface area is 116 Å². The molecule has 19 heavy (non-hydrogen) atoms. The fourth-order valence-electron chi connectivity index (χ4n) is 2.04. The second kappa shape index (κ2) is 4.74. The van der Waals surface area contributed by atoms with E-state index in [0.717, 1.165) is 28.0 Å². The zero-order chi connectivity index (χ0) is 13.2. The van der Waals surface area contributed by atoms with E-state index in [0.29, 0.717) is 0 Å². The van der Waals surface area contributed by atoms with Crippen LogP contribution in [0, 0.1) is 0 Å². The molecule has 0 atom stereocenters. The van der Waals surface area contributed by atoms with E-state index in [4.69, 9.17) is 22.4 Å². The third kappa shape index (κ3) is 2.30. The molecule has 3 aromatic rings.